The molecule has 2 N–H and O–H groups in total. The largest absolute Gasteiger partial charge is 0.312 e. The summed E-state index contributed by atoms with van der Waals surface area (Å²) in [6.45, 7) is 6.08. The second kappa shape index (κ2) is 7.86. The summed E-state index contributed by atoms with van der Waals surface area (Å²) in [5, 5.41) is 3.19. The third-order valence-corrected chi connectivity index (χ3v) is 6.38. The number of hydrogen-bond acceptors (Lipinski definition) is 5. The smallest absolute Gasteiger partial charge is 0.242 e. The molecular weight excluding hydrogens is 362 g/mol. The van der Waals surface area contributed by atoms with Crippen molar-refractivity contribution in [3.63, 3.8) is 0 Å². The Labute approximate surface area is 133 Å². The van der Waals surface area contributed by atoms with E-state index in [0.717, 1.165) is 11.4 Å². The molecule has 0 saturated heterocycles. The third kappa shape index (κ3) is 5.42. The SMILES string of the molecule is CCNCc1cc(S(=O)(=O)NC(C)CN(C)C)c(Br)s1. The highest BCUT2D eigenvalue weighted by Gasteiger charge is 2.23. The van der Waals surface area contributed by atoms with Crippen LogP contribution in [0.3, 0.4) is 0 Å². The van der Waals surface area contributed by atoms with Crippen molar-refractivity contribution in [3.8, 4) is 0 Å². The van der Waals surface area contributed by atoms with Crippen LogP contribution in [-0.2, 0) is 16.6 Å². The lowest BCUT2D eigenvalue weighted by Crippen LogP contribution is -2.39. The lowest BCUT2D eigenvalue weighted by molar-refractivity contribution is 0.370. The molecule has 0 amide bonds. The van der Waals surface area contributed by atoms with Gasteiger partial charge in [-0.05, 0) is 49.6 Å². The second-order valence-electron chi connectivity index (χ2n) is 4.92. The van der Waals surface area contributed by atoms with Gasteiger partial charge in [0.1, 0.15) is 4.90 Å². The van der Waals surface area contributed by atoms with Crippen molar-refractivity contribution in [3.05, 3.63) is 14.7 Å². The first-order chi connectivity index (χ1) is 9.26. The zero-order valence-corrected chi connectivity index (χ0v) is 15.5. The molecule has 1 rings (SSSR count). The predicted octanol–water partition coefficient (Wildman–Crippen LogP) is 1.85. The lowest BCUT2D eigenvalue weighted by Gasteiger charge is -2.18. The monoisotopic (exact) mass is 383 g/mol. The lowest BCUT2D eigenvalue weighted by atomic mass is 10.3. The van der Waals surface area contributed by atoms with Gasteiger partial charge in [0.15, 0.2) is 0 Å². The van der Waals surface area contributed by atoms with Gasteiger partial charge in [-0.2, -0.15) is 0 Å². The van der Waals surface area contributed by atoms with E-state index < -0.39 is 10.0 Å². The van der Waals surface area contributed by atoms with Crippen LogP contribution < -0.4 is 10.0 Å². The van der Waals surface area contributed by atoms with E-state index in [1.807, 2.05) is 32.8 Å². The molecule has 0 fully saturated rings. The van der Waals surface area contributed by atoms with Crippen LogP contribution >= 0.6 is 27.3 Å². The maximum absolute atomic E-state index is 12.4. The zero-order chi connectivity index (χ0) is 15.3. The first-order valence-corrected chi connectivity index (χ1v) is 9.51. The van der Waals surface area contributed by atoms with Gasteiger partial charge in [0.05, 0.1) is 3.79 Å². The van der Waals surface area contributed by atoms with Crippen molar-refractivity contribution in [2.45, 2.75) is 31.3 Å². The zero-order valence-electron chi connectivity index (χ0n) is 12.2. The van der Waals surface area contributed by atoms with Crippen LogP contribution in [0.15, 0.2) is 14.7 Å². The molecule has 5 nitrogen and oxygen atoms in total. The van der Waals surface area contributed by atoms with Gasteiger partial charge in [-0.1, -0.05) is 6.92 Å². The number of likely N-dealkylation sites (N-methyl/N-ethyl adjacent to an activating group) is 1. The molecule has 1 unspecified atom stereocenters. The number of thiophene rings is 1. The van der Waals surface area contributed by atoms with Crippen LogP contribution in [0.5, 0.6) is 0 Å². The van der Waals surface area contributed by atoms with E-state index in [2.05, 4.69) is 26.0 Å². The quantitative estimate of drug-likeness (QED) is 0.718. The van der Waals surface area contributed by atoms with Gasteiger partial charge in [-0.3, -0.25) is 0 Å². The molecule has 20 heavy (non-hydrogen) atoms. The topological polar surface area (TPSA) is 61.4 Å². The van der Waals surface area contributed by atoms with Crippen molar-refractivity contribution in [1.82, 2.24) is 14.9 Å². The minimum Gasteiger partial charge on any atom is -0.312 e. The highest BCUT2D eigenvalue weighted by Crippen LogP contribution is 2.31. The molecule has 0 radical (unpaired) electrons. The standard InChI is InChI=1S/C12H22BrN3O2S2/c1-5-14-7-10-6-11(12(13)19-10)20(17,18)15-9(2)8-16(3)4/h6,9,14-15H,5,7-8H2,1-4H3. The van der Waals surface area contributed by atoms with Crippen molar-refractivity contribution in [2.75, 3.05) is 27.2 Å². The first kappa shape index (κ1) is 18.1. The maximum Gasteiger partial charge on any atom is 0.242 e. The molecule has 1 aromatic heterocycles. The van der Waals surface area contributed by atoms with Crippen LogP contribution in [0.4, 0.5) is 0 Å². The summed E-state index contributed by atoms with van der Waals surface area (Å²) in [7, 11) is 0.352. The van der Waals surface area contributed by atoms with Crippen molar-refractivity contribution in [2.24, 2.45) is 0 Å². The van der Waals surface area contributed by atoms with E-state index >= 15 is 0 Å². The molecule has 1 heterocycles. The van der Waals surface area contributed by atoms with Gasteiger partial charge in [-0.15, -0.1) is 11.3 Å². The minimum atomic E-state index is -3.48. The summed E-state index contributed by atoms with van der Waals surface area (Å²) in [5.41, 5.74) is 0. The fourth-order valence-corrected chi connectivity index (χ4v) is 5.72. The van der Waals surface area contributed by atoms with Crippen LogP contribution in [0.1, 0.15) is 18.7 Å². The molecule has 0 spiro atoms. The van der Waals surface area contributed by atoms with E-state index in [1.54, 1.807) is 6.07 Å². The Bertz CT molecular complexity index is 529. The van der Waals surface area contributed by atoms with Crippen LogP contribution in [0, 0.1) is 0 Å². The average Bonchev–Trinajstić information content (AvgIpc) is 2.66. The summed E-state index contributed by atoms with van der Waals surface area (Å²) < 4.78 is 28.1. The van der Waals surface area contributed by atoms with Crippen LogP contribution in [-0.4, -0.2) is 46.5 Å². The molecule has 1 aromatic rings. The number of rotatable bonds is 8. The van der Waals surface area contributed by atoms with Gasteiger partial charge in [0.2, 0.25) is 10.0 Å². The number of sulfonamides is 1. The van der Waals surface area contributed by atoms with E-state index in [4.69, 9.17) is 0 Å². The Morgan fingerprint density at radius 3 is 2.65 bits per heavy atom. The molecule has 1 atom stereocenters. The number of nitrogens with one attached hydrogen (secondary N) is 2. The molecule has 0 aliphatic rings. The van der Waals surface area contributed by atoms with Gasteiger partial charge in [-0.25, -0.2) is 13.1 Å². The molecular formula is C12H22BrN3O2S2. The fraction of sp³-hybridized carbons (Fsp3) is 0.667. The Kier molecular flexibility index (Phi) is 7.10. The van der Waals surface area contributed by atoms with E-state index in [1.165, 1.54) is 11.3 Å². The van der Waals surface area contributed by atoms with Gasteiger partial charge in [0, 0.05) is 24.0 Å². The molecule has 0 aliphatic heterocycles. The Morgan fingerprint density at radius 1 is 1.45 bits per heavy atom. The third-order valence-electron chi connectivity index (χ3n) is 2.54. The highest BCUT2D eigenvalue weighted by atomic mass is 79.9. The molecule has 0 aromatic carbocycles. The number of halogens is 1. The number of nitrogens with zero attached hydrogens (tertiary/aromatic N) is 1. The summed E-state index contributed by atoms with van der Waals surface area (Å²) >= 11 is 4.79. The molecule has 0 bridgehead atoms. The second-order valence-corrected chi connectivity index (χ2v) is 9.05. The van der Waals surface area contributed by atoms with E-state index in [9.17, 15) is 8.42 Å². The normalized spacial score (nSPS) is 13.9. The maximum atomic E-state index is 12.4. The summed E-state index contributed by atoms with van der Waals surface area (Å²) in [5.74, 6) is 0. The van der Waals surface area contributed by atoms with Gasteiger partial charge in [0.25, 0.3) is 0 Å². The van der Waals surface area contributed by atoms with E-state index in [-0.39, 0.29) is 6.04 Å². The van der Waals surface area contributed by atoms with Gasteiger partial charge < -0.3 is 10.2 Å². The van der Waals surface area contributed by atoms with Crippen molar-refractivity contribution < 1.29 is 8.42 Å². The Balaban J connectivity index is 2.84. The van der Waals surface area contributed by atoms with Gasteiger partial charge >= 0.3 is 0 Å². The van der Waals surface area contributed by atoms with Crippen LogP contribution in [0.2, 0.25) is 0 Å². The van der Waals surface area contributed by atoms with Crippen molar-refractivity contribution >= 4 is 37.3 Å². The summed E-state index contributed by atoms with van der Waals surface area (Å²) in [6, 6.07) is 1.58. The van der Waals surface area contributed by atoms with Crippen LogP contribution in [0.25, 0.3) is 0 Å². The fourth-order valence-electron chi connectivity index (χ4n) is 1.83. The van der Waals surface area contributed by atoms with E-state index in [0.29, 0.717) is 21.8 Å². The minimum absolute atomic E-state index is 0.140. The Morgan fingerprint density at radius 2 is 2.10 bits per heavy atom. The molecule has 0 saturated carbocycles. The molecule has 8 heteroatoms. The average molecular weight is 384 g/mol. The molecule has 116 valence electrons. The molecule has 0 aliphatic carbocycles. The Hall–Kier alpha value is 0.01000. The van der Waals surface area contributed by atoms with Crippen molar-refractivity contribution in [1.29, 1.82) is 0 Å². The highest BCUT2D eigenvalue weighted by molar-refractivity contribution is 9.11. The first-order valence-electron chi connectivity index (χ1n) is 6.42. The number of hydrogen-bond donors (Lipinski definition) is 2. The summed E-state index contributed by atoms with van der Waals surface area (Å²) in [4.78, 5) is 3.27. The predicted molar refractivity (Wildman–Crippen MR) is 87.7 cm³/mol. The summed E-state index contributed by atoms with van der Waals surface area (Å²) in [6.07, 6.45) is 0.